The van der Waals surface area contributed by atoms with Gasteiger partial charge in [-0.1, -0.05) is 0 Å². The first-order chi connectivity index (χ1) is 8.64. The van der Waals surface area contributed by atoms with Gasteiger partial charge in [-0.2, -0.15) is 13.2 Å². The second-order valence-corrected chi connectivity index (χ2v) is 5.16. The molecule has 0 fully saturated rings. The molecule has 0 radical (unpaired) electrons. The number of nitrogens with one attached hydrogen (secondary N) is 2. The Morgan fingerprint density at radius 1 is 1.20 bits per heavy atom. The van der Waals surface area contributed by atoms with Crippen LogP contribution in [-0.4, -0.2) is 44.0 Å². The molecule has 0 saturated carbocycles. The van der Waals surface area contributed by atoms with Crippen LogP contribution >= 0.6 is 24.0 Å². The summed E-state index contributed by atoms with van der Waals surface area (Å²) in [4.78, 5) is 4.27. The Kier molecular flexibility index (Phi) is 11.5. The number of hydrogen-bond acceptors (Lipinski definition) is 2. The summed E-state index contributed by atoms with van der Waals surface area (Å²) in [6.45, 7) is 7.97. The van der Waals surface area contributed by atoms with Gasteiger partial charge in [-0.15, -0.1) is 24.0 Å². The molecule has 0 aromatic rings. The van der Waals surface area contributed by atoms with Gasteiger partial charge >= 0.3 is 6.18 Å². The van der Waals surface area contributed by atoms with Crippen molar-refractivity contribution in [2.75, 3.05) is 26.3 Å². The second-order valence-electron chi connectivity index (χ2n) is 5.16. The Labute approximate surface area is 136 Å². The van der Waals surface area contributed by atoms with E-state index in [1.165, 1.54) is 0 Å². The molecule has 0 heterocycles. The minimum Gasteiger partial charge on any atom is -0.372 e. The van der Waals surface area contributed by atoms with Crippen molar-refractivity contribution in [3.63, 3.8) is 0 Å². The SMILES string of the molecule is CCNC(=NCCCOCC(F)(F)F)NC(C)(C)C.I. The highest BCUT2D eigenvalue weighted by atomic mass is 127. The lowest BCUT2D eigenvalue weighted by Crippen LogP contribution is -2.47. The first-order valence-electron chi connectivity index (χ1n) is 6.35. The molecule has 0 rings (SSSR count). The molecule has 0 unspecified atom stereocenters. The minimum absolute atomic E-state index is 0. The Morgan fingerprint density at radius 3 is 2.25 bits per heavy atom. The van der Waals surface area contributed by atoms with Crippen molar-refractivity contribution < 1.29 is 17.9 Å². The van der Waals surface area contributed by atoms with E-state index in [2.05, 4.69) is 20.4 Å². The standard InChI is InChI=1S/C12H24F3N3O.HI/c1-5-16-10(18-11(2,3)4)17-7-6-8-19-9-12(13,14)15;/h5-9H2,1-4H3,(H2,16,17,18);1H. The molecule has 0 aliphatic rings. The highest BCUT2D eigenvalue weighted by molar-refractivity contribution is 14.0. The lowest BCUT2D eigenvalue weighted by Gasteiger charge is -2.23. The second kappa shape index (κ2) is 10.5. The van der Waals surface area contributed by atoms with Crippen LogP contribution in [0.3, 0.4) is 0 Å². The van der Waals surface area contributed by atoms with E-state index in [0.29, 0.717) is 18.9 Å². The van der Waals surface area contributed by atoms with E-state index in [1.807, 2.05) is 27.7 Å². The third-order valence-corrected chi connectivity index (χ3v) is 1.82. The maximum Gasteiger partial charge on any atom is 0.411 e. The summed E-state index contributed by atoms with van der Waals surface area (Å²) in [6, 6.07) is 0. The average molecular weight is 411 g/mol. The van der Waals surface area contributed by atoms with Gasteiger partial charge < -0.3 is 15.4 Å². The number of rotatable bonds is 6. The third kappa shape index (κ3) is 15.8. The molecule has 2 N–H and O–H groups in total. The highest BCUT2D eigenvalue weighted by Gasteiger charge is 2.27. The number of ether oxygens (including phenoxy) is 1. The van der Waals surface area contributed by atoms with Crippen LogP contribution in [0.1, 0.15) is 34.1 Å². The molecule has 122 valence electrons. The van der Waals surface area contributed by atoms with Crippen molar-refractivity contribution in [3.05, 3.63) is 0 Å². The molecule has 20 heavy (non-hydrogen) atoms. The maximum atomic E-state index is 11.8. The van der Waals surface area contributed by atoms with Crippen molar-refractivity contribution >= 4 is 29.9 Å². The fourth-order valence-electron chi connectivity index (χ4n) is 1.21. The number of nitrogens with zero attached hydrogens (tertiary/aromatic N) is 1. The fraction of sp³-hybridized carbons (Fsp3) is 0.917. The lowest BCUT2D eigenvalue weighted by atomic mass is 10.1. The van der Waals surface area contributed by atoms with E-state index >= 15 is 0 Å². The summed E-state index contributed by atoms with van der Waals surface area (Å²) in [5.74, 6) is 0.658. The van der Waals surface area contributed by atoms with E-state index in [9.17, 15) is 13.2 Å². The molecule has 0 aliphatic heterocycles. The quantitative estimate of drug-likeness (QED) is 0.306. The van der Waals surface area contributed by atoms with Crippen molar-refractivity contribution in [1.82, 2.24) is 10.6 Å². The molecule has 0 saturated heterocycles. The van der Waals surface area contributed by atoms with Crippen LogP contribution in [0.2, 0.25) is 0 Å². The largest absolute Gasteiger partial charge is 0.411 e. The number of alkyl halides is 3. The van der Waals surface area contributed by atoms with Crippen LogP contribution in [0, 0.1) is 0 Å². The minimum atomic E-state index is -4.26. The first kappa shape index (κ1) is 22.0. The topological polar surface area (TPSA) is 45.7 Å². The Bertz CT molecular complexity index is 278. The molecular formula is C12H25F3IN3O. The summed E-state index contributed by atoms with van der Waals surface area (Å²) in [5, 5.41) is 6.26. The van der Waals surface area contributed by atoms with Crippen LogP contribution in [0.25, 0.3) is 0 Å². The zero-order chi connectivity index (χ0) is 14.9. The van der Waals surface area contributed by atoms with E-state index in [1.54, 1.807) is 0 Å². The number of halogens is 4. The van der Waals surface area contributed by atoms with Crippen LogP contribution in [-0.2, 0) is 4.74 Å². The van der Waals surface area contributed by atoms with Crippen LogP contribution < -0.4 is 10.6 Å². The summed E-state index contributed by atoms with van der Waals surface area (Å²) < 4.78 is 39.9. The van der Waals surface area contributed by atoms with Crippen molar-refractivity contribution in [2.45, 2.75) is 45.8 Å². The van der Waals surface area contributed by atoms with E-state index in [-0.39, 0.29) is 36.1 Å². The van der Waals surface area contributed by atoms with Gasteiger partial charge in [0.25, 0.3) is 0 Å². The molecular weight excluding hydrogens is 386 g/mol. The van der Waals surface area contributed by atoms with Crippen molar-refractivity contribution in [2.24, 2.45) is 4.99 Å². The van der Waals surface area contributed by atoms with Crippen LogP contribution in [0.15, 0.2) is 4.99 Å². The summed E-state index contributed by atoms with van der Waals surface area (Å²) in [5.41, 5.74) is -0.117. The van der Waals surface area contributed by atoms with Crippen LogP contribution in [0.5, 0.6) is 0 Å². The normalized spacial score (nSPS) is 12.8. The molecule has 8 heteroatoms. The van der Waals surface area contributed by atoms with E-state index in [0.717, 1.165) is 6.54 Å². The van der Waals surface area contributed by atoms with E-state index in [4.69, 9.17) is 0 Å². The van der Waals surface area contributed by atoms with Gasteiger partial charge in [0.15, 0.2) is 5.96 Å². The molecule has 0 aromatic heterocycles. The van der Waals surface area contributed by atoms with Crippen molar-refractivity contribution in [1.29, 1.82) is 0 Å². The molecule has 0 aromatic carbocycles. The number of guanidine groups is 1. The third-order valence-electron chi connectivity index (χ3n) is 1.82. The zero-order valence-electron chi connectivity index (χ0n) is 12.4. The first-order valence-corrected chi connectivity index (χ1v) is 6.35. The molecule has 0 amide bonds. The maximum absolute atomic E-state index is 11.8. The van der Waals surface area contributed by atoms with Gasteiger partial charge in [0.2, 0.25) is 0 Å². The summed E-state index contributed by atoms with van der Waals surface area (Å²) in [6.07, 6.45) is -3.80. The fourth-order valence-corrected chi connectivity index (χ4v) is 1.21. The smallest absolute Gasteiger partial charge is 0.372 e. The van der Waals surface area contributed by atoms with Crippen LogP contribution in [0.4, 0.5) is 13.2 Å². The molecule has 0 bridgehead atoms. The number of aliphatic imine (C=N–C) groups is 1. The molecule has 4 nitrogen and oxygen atoms in total. The Balaban J connectivity index is 0. The predicted octanol–water partition coefficient (Wildman–Crippen LogP) is 2.93. The molecule has 0 atom stereocenters. The van der Waals surface area contributed by atoms with Gasteiger partial charge in [0.05, 0.1) is 0 Å². The predicted molar refractivity (Wildman–Crippen MR) is 85.8 cm³/mol. The average Bonchev–Trinajstić information content (AvgIpc) is 2.19. The molecule has 0 aliphatic carbocycles. The van der Waals surface area contributed by atoms with E-state index < -0.39 is 12.8 Å². The Hall–Kier alpha value is -0.250. The zero-order valence-corrected chi connectivity index (χ0v) is 14.8. The van der Waals surface area contributed by atoms with Crippen molar-refractivity contribution in [3.8, 4) is 0 Å². The lowest BCUT2D eigenvalue weighted by molar-refractivity contribution is -0.173. The van der Waals surface area contributed by atoms with Gasteiger partial charge in [-0.25, -0.2) is 0 Å². The van der Waals surface area contributed by atoms with Gasteiger partial charge in [0, 0.05) is 25.2 Å². The monoisotopic (exact) mass is 411 g/mol. The van der Waals surface area contributed by atoms with Gasteiger partial charge in [-0.05, 0) is 34.1 Å². The summed E-state index contributed by atoms with van der Waals surface area (Å²) >= 11 is 0. The Morgan fingerprint density at radius 2 is 1.80 bits per heavy atom. The van der Waals surface area contributed by atoms with Gasteiger partial charge in [0.1, 0.15) is 6.61 Å². The molecule has 0 spiro atoms. The number of hydrogen-bond donors (Lipinski definition) is 2. The highest BCUT2D eigenvalue weighted by Crippen LogP contribution is 2.14. The summed E-state index contributed by atoms with van der Waals surface area (Å²) in [7, 11) is 0. The van der Waals surface area contributed by atoms with Gasteiger partial charge in [-0.3, -0.25) is 4.99 Å².